The number of hydrogen-bond acceptors (Lipinski definition) is 6. The highest BCUT2D eigenvalue weighted by Gasteiger charge is 2.28. The Morgan fingerprint density at radius 2 is 1.82 bits per heavy atom. The van der Waals surface area contributed by atoms with Crippen LogP contribution < -0.4 is 10.6 Å². The lowest BCUT2D eigenvalue weighted by Crippen LogP contribution is -2.35. The Morgan fingerprint density at radius 1 is 1.05 bits per heavy atom. The van der Waals surface area contributed by atoms with Gasteiger partial charge in [-0.15, -0.1) is 11.3 Å². The molecule has 4 aromatic rings. The number of nitrogens with zero attached hydrogens (tertiary/aromatic N) is 3. The SMILES string of the molecule is CCN(CC)CCNC(=O)c1c(C)[nH]c(/C=C2\C(=O)Nc3ccc(-c4csc(-c5ccccc5)n4)nc32)c1C. The molecular weight excluding hydrogens is 508 g/mol. The molecule has 0 fully saturated rings. The molecule has 1 aromatic carbocycles. The Bertz CT molecular complexity index is 1550. The van der Waals surface area contributed by atoms with Crippen molar-refractivity contribution in [2.45, 2.75) is 27.7 Å². The van der Waals surface area contributed by atoms with Crippen molar-refractivity contribution in [3.63, 3.8) is 0 Å². The number of rotatable bonds is 9. The van der Waals surface area contributed by atoms with Gasteiger partial charge < -0.3 is 20.5 Å². The normalized spacial score (nSPS) is 13.7. The predicted molar refractivity (Wildman–Crippen MR) is 158 cm³/mol. The maximum absolute atomic E-state index is 13.0. The van der Waals surface area contributed by atoms with E-state index in [2.05, 4.69) is 34.4 Å². The van der Waals surface area contributed by atoms with Gasteiger partial charge in [-0.3, -0.25) is 9.59 Å². The fourth-order valence-corrected chi connectivity index (χ4v) is 5.62. The van der Waals surface area contributed by atoms with Crippen LogP contribution in [0.3, 0.4) is 0 Å². The molecule has 8 nitrogen and oxygen atoms in total. The largest absolute Gasteiger partial charge is 0.358 e. The number of aromatic nitrogens is 3. The summed E-state index contributed by atoms with van der Waals surface area (Å²) in [5.41, 5.74) is 7.07. The molecule has 0 saturated carbocycles. The quantitative estimate of drug-likeness (QED) is 0.247. The molecule has 0 aliphatic carbocycles. The lowest BCUT2D eigenvalue weighted by Gasteiger charge is -2.18. The molecule has 0 radical (unpaired) electrons. The highest BCUT2D eigenvalue weighted by atomic mass is 32.1. The number of H-pyrrole nitrogens is 1. The van der Waals surface area contributed by atoms with Gasteiger partial charge in [-0.1, -0.05) is 44.2 Å². The second-order valence-corrected chi connectivity index (χ2v) is 10.3. The summed E-state index contributed by atoms with van der Waals surface area (Å²) in [5.74, 6) is -0.345. The molecule has 0 atom stereocenters. The molecule has 39 heavy (non-hydrogen) atoms. The minimum Gasteiger partial charge on any atom is -0.358 e. The first-order chi connectivity index (χ1) is 18.9. The summed E-state index contributed by atoms with van der Waals surface area (Å²) in [6.45, 7) is 11.3. The second-order valence-electron chi connectivity index (χ2n) is 9.46. The third-order valence-electron chi connectivity index (χ3n) is 7.03. The molecule has 1 aliphatic rings. The van der Waals surface area contributed by atoms with Crippen LogP contribution in [-0.4, -0.2) is 57.8 Å². The first-order valence-electron chi connectivity index (χ1n) is 13.1. The van der Waals surface area contributed by atoms with Crippen molar-refractivity contribution in [1.29, 1.82) is 0 Å². The minimum absolute atomic E-state index is 0.118. The molecule has 4 heterocycles. The number of benzene rings is 1. The van der Waals surface area contributed by atoms with E-state index in [9.17, 15) is 9.59 Å². The predicted octanol–water partition coefficient (Wildman–Crippen LogP) is 5.38. The molecule has 200 valence electrons. The monoisotopic (exact) mass is 540 g/mol. The van der Waals surface area contributed by atoms with E-state index in [1.54, 1.807) is 17.4 Å². The Kier molecular flexibility index (Phi) is 7.72. The molecule has 0 bridgehead atoms. The van der Waals surface area contributed by atoms with Crippen LogP contribution in [0.1, 0.15) is 46.9 Å². The molecule has 1 aliphatic heterocycles. The molecule has 5 rings (SSSR count). The van der Waals surface area contributed by atoms with Gasteiger partial charge in [-0.05, 0) is 50.7 Å². The summed E-state index contributed by atoms with van der Waals surface area (Å²) in [6, 6.07) is 13.8. The fraction of sp³-hybridized carbons (Fsp3) is 0.267. The first-order valence-corrected chi connectivity index (χ1v) is 14.0. The molecule has 3 aromatic heterocycles. The number of carbonyl (C=O) groups excluding carboxylic acids is 2. The minimum atomic E-state index is -0.227. The number of carbonyl (C=O) groups is 2. The zero-order valence-corrected chi connectivity index (χ0v) is 23.4. The van der Waals surface area contributed by atoms with Crippen molar-refractivity contribution in [3.05, 3.63) is 76.1 Å². The molecule has 0 saturated heterocycles. The summed E-state index contributed by atoms with van der Waals surface area (Å²) < 4.78 is 0. The van der Waals surface area contributed by atoms with Crippen molar-refractivity contribution in [1.82, 2.24) is 25.2 Å². The van der Waals surface area contributed by atoms with Gasteiger partial charge in [0, 0.05) is 35.4 Å². The maximum atomic E-state index is 13.0. The van der Waals surface area contributed by atoms with Gasteiger partial charge in [0.25, 0.3) is 11.8 Å². The van der Waals surface area contributed by atoms with Gasteiger partial charge in [0.1, 0.15) is 16.4 Å². The zero-order valence-electron chi connectivity index (χ0n) is 22.6. The van der Waals surface area contributed by atoms with E-state index >= 15 is 0 Å². The van der Waals surface area contributed by atoms with Crippen molar-refractivity contribution in [2.75, 3.05) is 31.5 Å². The number of fused-ring (bicyclic) bond motifs is 1. The van der Waals surface area contributed by atoms with E-state index in [0.717, 1.165) is 47.2 Å². The van der Waals surface area contributed by atoms with Gasteiger partial charge in [0.05, 0.1) is 22.5 Å². The highest BCUT2D eigenvalue weighted by Crippen LogP contribution is 2.35. The van der Waals surface area contributed by atoms with Gasteiger partial charge >= 0.3 is 0 Å². The fourth-order valence-electron chi connectivity index (χ4n) is 4.80. The Hall–Kier alpha value is -4.08. The van der Waals surface area contributed by atoms with Crippen molar-refractivity contribution in [3.8, 4) is 22.0 Å². The van der Waals surface area contributed by atoms with E-state index in [1.807, 2.05) is 61.7 Å². The van der Waals surface area contributed by atoms with E-state index in [4.69, 9.17) is 9.97 Å². The molecular formula is C30H32N6O2S. The number of anilines is 1. The Morgan fingerprint density at radius 3 is 2.56 bits per heavy atom. The van der Waals surface area contributed by atoms with E-state index in [1.165, 1.54) is 0 Å². The third kappa shape index (κ3) is 5.41. The third-order valence-corrected chi connectivity index (χ3v) is 7.92. The van der Waals surface area contributed by atoms with Gasteiger partial charge in [0.2, 0.25) is 0 Å². The first kappa shape index (κ1) is 26.5. The summed E-state index contributed by atoms with van der Waals surface area (Å²) in [7, 11) is 0. The van der Waals surface area contributed by atoms with Crippen LogP contribution in [0.5, 0.6) is 0 Å². The van der Waals surface area contributed by atoms with Crippen molar-refractivity contribution < 1.29 is 9.59 Å². The highest BCUT2D eigenvalue weighted by molar-refractivity contribution is 7.13. The number of nitrogens with one attached hydrogen (secondary N) is 3. The Balaban J connectivity index is 1.41. The molecule has 0 unspecified atom stereocenters. The van der Waals surface area contributed by atoms with Crippen LogP contribution in [0.2, 0.25) is 0 Å². The van der Waals surface area contributed by atoms with E-state index in [-0.39, 0.29) is 11.8 Å². The lowest BCUT2D eigenvalue weighted by molar-refractivity contribution is -0.110. The number of hydrogen-bond donors (Lipinski definition) is 3. The number of likely N-dealkylation sites (N-methyl/N-ethyl adjacent to an activating group) is 1. The Labute approximate surface area is 232 Å². The van der Waals surface area contributed by atoms with Gasteiger partial charge in [-0.2, -0.15) is 0 Å². The number of thiazole rings is 1. The topological polar surface area (TPSA) is 103 Å². The van der Waals surface area contributed by atoms with Crippen LogP contribution in [-0.2, 0) is 4.79 Å². The molecule has 9 heteroatoms. The number of amides is 2. The molecule has 2 amide bonds. The average molecular weight is 541 g/mol. The standard InChI is InChI=1S/C30H32N6O2S/c1-5-36(6-2)15-14-31-29(38)26-18(3)24(32-19(26)4)16-21-27-23(34-28(21)37)13-12-22(33-27)25-17-39-30(35-25)20-10-8-7-9-11-20/h7-13,16-17,32H,5-6,14-15H2,1-4H3,(H,31,38)(H,34,37)/b21-16-. The van der Waals surface area contributed by atoms with Gasteiger partial charge in [0.15, 0.2) is 0 Å². The van der Waals surface area contributed by atoms with Crippen molar-refractivity contribution in [2.24, 2.45) is 0 Å². The summed E-state index contributed by atoms with van der Waals surface area (Å²) in [5, 5.41) is 8.83. The average Bonchev–Trinajstić information content (AvgIpc) is 3.63. The lowest BCUT2D eigenvalue weighted by atomic mass is 10.1. The van der Waals surface area contributed by atoms with Crippen LogP contribution in [0.25, 0.3) is 33.6 Å². The van der Waals surface area contributed by atoms with Gasteiger partial charge in [-0.25, -0.2) is 9.97 Å². The maximum Gasteiger partial charge on any atom is 0.258 e. The van der Waals surface area contributed by atoms with Crippen LogP contribution in [0.15, 0.2) is 47.8 Å². The number of pyridine rings is 1. The summed E-state index contributed by atoms with van der Waals surface area (Å²) >= 11 is 1.56. The summed E-state index contributed by atoms with van der Waals surface area (Å²) in [6.07, 6.45) is 1.78. The molecule has 0 spiro atoms. The zero-order chi connectivity index (χ0) is 27.5. The number of aryl methyl sites for hydroxylation is 1. The molecule has 3 N–H and O–H groups in total. The summed E-state index contributed by atoms with van der Waals surface area (Å²) in [4.78, 5) is 41.1. The van der Waals surface area contributed by atoms with Crippen molar-refractivity contribution >= 4 is 40.5 Å². The number of aromatic amines is 1. The second kappa shape index (κ2) is 11.3. The van der Waals surface area contributed by atoms with Crippen LogP contribution in [0, 0.1) is 13.8 Å². The van der Waals surface area contributed by atoms with E-state index in [0.29, 0.717) is 40.5 Å². The van der Waals surface area contributed by atoms with Crippen LogP contribution in [0.4, 0.5) is 5.69 Å². The van der Waals surface area contributed by atoms with Crippen LogP contribution >= 0.6 is 11.3 Å². The smallest absolute Gasteiger partial charge is 0.258 e. The van der Waals surface area contributed by atoms with E-state index < -0.39 is 0 Å².